The molecule has 0 saturated carbocycles. The van der Waals surface area contributed by atoms with E-state index in [4.69, 9.17) is 0 Å². The molecular formula is C13H13N2O2S+. The normalized spacial score (nSPS) is 28.7. The molecule has 4 nitrogen and oxygen atoms in total. The summed E-state index contributed by atoms with van der Waals surface area (Å²) < 4.78 is -0.155. The lowest BCUT2D eigenvalue weighted by atomic mass is 10.1. The Bertz CT molecular complexity index is 529. The first kappa shape index (κ1) is 11.5. The number of hydrogen-bond acceptors (Lipinski definition) is 3. The van der Waals surface area contributed by atoms with E-state index in [9.17, 15) is 9.59 Å². The van der Waals surface area contributed by atoms with Crippen LogP contribution in [0.15, 0.2) is 41.9 Å². The van der Waals surface area contributed by atoms with Gasteiger partial charge in [-0.25, -0.2) is 9.59 Å². The molecule has 3 amide bonds. The van der Waals surface area contributed by atoms with E-state index in [-0.39, 0.29) is 21.8 Å². The van der Waals surface area contributed by atoms with E-state index in [1.165, 1.54) is 0 Å². The summed E-state index contributed by atoms with van der Waals surface area (Å²) in [6.07, 6.45) is 2.18. The van der Waals surface area contributed by atoms with Crippen molar-refractivity contribution < 1.29 is 14.1 Å². The van der Waals surface area contributed by atoms with Gasteiger partial charge in [0.05, 0.1) is 0 Å². The van der Waals surface area contributed by atoms with Crippen molar-refractivity contribution in [2.45, 2.75) is 18.3 Å². The van der Waals surface area contributed by atoms with Crippen LogP contribution in [-0.2, 0) is 11.3 Å². The molecule has 3 rings (SSSR count). The summed E-state index contributed by atoms with van der Waals surface area (Å²) in [7, 11) is 0. The van der Waals surface area contributed by atoms with Gasteiger partial charge in [0.2, 0.25) is 0 Å². The van der Waals surface area contributed by atoms with E-state index in [0.29, 0.717) is 13.0 Å². The molecule has 2 atom stereocenters. The number of nitrogens with zero attached hydrogens (tertiary/aromatic N) is 1. The second-order valence-electron chi connectivity index (χ2n) is 4.40. The van der Waals surface area contributed by atoms with Crippen molar-refractivity contribution in [3.05, 3.63) is 47.5 Å². The SMILES string of the molecule is O=C1C[C@@H]2SC=C[N+]12C(=O)NCc1ccccc1. The van der Waals surface area contributed by atoms with E-state index >= 15 is 0 Å². The summed E-state index contributed by atoms with van der Waals surface area (Å²) in [6, 6.07) is 9.46. The fraction of sp³-hybridized carbons (Fsp3) is 0.231. The summed E-state index contributed by atoms with van der Waals surface area (Å²) in [5, 5.41) is 4.74. The predicted octanol–water partition coefficient (Wildman–Crippen LogP) is 2.19. The Morgan fingerprint density at radius 1 is 1.39 bits per heavy atom. The third-order valence-corrected chi connectivity index (χ3v) is 4.46. The number of urea groups is 1. The molecule has 1 N–H and O–H groups in total. The minimum Gasteiger partial charge on any atom is -0.301 e. The average molecular weight is 261 g/mol. The number of β-lactam (4-membered cyclic amide) rings is 1. The van der Waals surface area contributed by atoms with Crippen molar-refractivity contribution in [3.63, 3.8) is 0 Å². The standard InChI is InChI=1S/C13H12N2O2S/c16-11-8-12-15(11,6-7-18-12)13(17)14-9-10-4-2-1-3-5-10/h1-7,12H,8-9H2/p+1/t12-,15?/m0/s1. The number of rotatable bonds is 2. The molecule has 0 bridgehead atoms. The second-order valence-corrected chi connectivity index (χ2v) is 5.48. The molecule has 0 aliphatic carbocycles. The first-order valence-corrected chi connectivity index (χ1v) is 6.75. The molecular weight excluding hydrogens is 248 g/mol. The molecule has 2 aliphatic heterocycles. The quantitative estimate of drug-likeness (QED) is 0.655. The van der Waals surface area contributed by atoms with Crippen LogP contribution >= 0.6 is 11.8 Å². The van der Waals surface area contributed by atoms with Gasteiger partial charge < -0.3 is 5.32 Å². The molecule has 1 aromatic carbocycles. The van der Waals surface area contributed by atoms with Gasteiger partial charge in [-0.15, -0.1) is 4.48 Å². The highest BCUT2D eigenvalue weighted by Crippen LogP contribution is 2.44. The largest absolute Gasteiger partial charge is 0.429 e. The predicted molar refractivity (Wildman–Crippen MR) is 69.1 cm³/mol. The third-order valence-electron chi connectivity index (χ3n) is 3.37. The smallest absolute Gasteiger partial charge is 0.301 e. The van der Waals surface area contributed by atoms with Gasteiger partial charge >= 0.3 is 11.9 Å². The number of carbonyl (C=O) groups excluding carboxylic acids is 2. The monoisotopic (exact) mass is 261 g/mol. The second kappa shape index (κ2) is 4.26. The van der Waals surface area contributed by atoms with Gasteiger partial charge in [0.25, 0.3) is 0 Å². The Morgan fingerprint density at radius 3 is 2.83 bits per heavy atom. The van der Waals surface area contributed by atoms with Crippen LogP contribution in [0.1, 0.15) is 12.0 Å². The first-order valence-electron chi connectivity index (χ1n) is 5.81. The Kier molecular flexibility index (Phi) is 2.72. The van der Waals surface area contributed by atoms with Crippen molar-refractivity contribution in [1.29, 1.82) is 0 Å². The van der Waals surface area contributed by atoms with Gasteiger partial charge in [0.1, 0.15) is 12.6 Å². The zero-order valence-corrected chi connectivity index (χ0v) is 10.5. The highest BCUT2D eigenvalue weighted by molar-refractivity contribution is 8.02. The van der Waals surface area contributed by atoms with E-state index in [0.717, 1.165) is 5.56 Å². The van der Waals surface area contributed by atoms with Crippen LogP contribution in [0.25, 0.3) is 0 Å². The first-order chi connectivity index (χ1) is 8.73. The molecule has 1 saturated heterocycles. The topological polar surface area (TPSA) is 46.2 Å². The molecule has 2 heterocycles. The van der Waals surface area contributed by atoms with Crippen LogP contribution in [0.3, 0.4) is 0 Å². The Balaban J connectivity index is 1.69. The van der Waals surface area contributed by atoms with Crippen LogP contribution in [0, 0.1) is 0 Å². The van der Waals surface area contributed by atoms with E-state index in [2.05, 4.69) is 5.32 Å². The zero-order valence-electron chi connectivity index (χ0n) is 9.70. The fourth-order valence-corrected chi connectivity index (χ4v) is 3.41. The minimum atomic E-state index is -0.221. The van der Waals surface area contributed by atoms with Gasteiger partial charge in [-0.3, -0.25) is 0 Å². The lowest BCUT2D eigenvalue weighted by Gasteiger charge is -2.39. The molecule has 18 heavy (non-hydrogen) atoms. The van der Waals surface area contributed by atoms with Crippen molar-refractivity contribution in [2.24, 2.45) is 0 Å². The molecule has 2 aliphatic rings. The summed E-state index contributed by atoms with van der Waals surface area (Å²) in [5.74, 6) is -0.0215. The van der Waals surface area contributed by atoms with Gasteiger partial charge in [0, 0.05) is 12.0 Å². The summed E-state index contributed by atoms with van der Waals surface area (Å²) in [5.41, 5.74) is 1.03. The zero-order chi connectivity index (χ0) is 12.6. The molecule has 92 valence electrons. The molecule has 0 radical (unpaired) electrons. The maximum absolute atomic E-state index is 12.2. The van der Waals surface area contributed by atoms with Crippen LogP contribution < -0.4 is 5.32 Å². The number of thioether (sulfide) groups is 1. The summed E-state index contributed by atoms with van der Waals surface area (Å²) in [6.45, 7) is 0.457. The number of hydrogen-bond donors (Lipinski definition) is 1. The van der Waals surface area contributed by atoms with Crippen molar-refractivity contribution >= 4 is 23.7 Å². The minimum absolute atomic E-state index is 0.0215. The van der Waals surface area contributed by atoms with E-state index in [1.807, 2.05) is 35.7 Å². The lowest BCUT2D eigenvalue weighted by Crippen LogP contribution is -2.68. The number of nitrogens with one attached hydrogen (secondary N) is 1. The van der Waals surface area contributed by atoms with Crippen molar-refractivity contribution in [2.75, 3.05) is 0 Å². The van der Waals surface area contributed by atoms with Crippen molar-refractivity contribution in [3.8, 4) is 0 Å². The Hall–Kier alpha value is -1.59. The number of carbonyl (C=O) groups is 2. The molecule has 1 aromatic rings. The molecule has 1 unspecified atom stereocenters. The van der Waals surface area contributed by atoms with Crippen LogP contribution in [0.4, 0.5) is 4.79 Å². The average Bonchev–Trinajstić information content (AvgIpc) is 2.74. The highest BCUT2D eigenvalue weighted by atomic mass is 32.2. The Morgan fingerprint density at radius 2 is 2.17 bits per heavy atom. The maximum Gasteiger partial charge on any atom is 0.429 e. The van der Waals surface area contributed by atoms with Gasteiger partial charge in [0.15, 0.2) is 5.37 Å². The van der Waals surface area contributed by atoms with E-state index < -0.39 is 0 Å². The van der Waals surface area contributed by atoms with Crippen molar-refractivity contribution in [1.82, 2.24) is 5.32 Å². The number of quaternary nitrogens is 1. The summed E-state index contributed by atoms with van der Waals surface area (Å²) >= 11 is 1.55. The van der Waals surface area contributed by atoms with Gasteiger partial charge in [-0.2, -0.15) is 0 Å². The number of amides is 3. The van der Waals surface area contributed by atoms with Crippen LogP contribution in [0.5, 0.6) is 0 Å². The molecule has 5 heteroatoms. The number of fused-ring (bicyclic) bond motifs is 1. The highest BCUT2D eigenvalue weighted by Gasteiger charge is 2.62. The van der Waals surface area contributed by atoms with Crippen LogP contribution in [0.2, 0.25) is 0 Å². The number of imide groups is 1. The lowest BCUT2D eigenvalue weighted by molar-refractivity contribution is -0.758. The van der Waals surface area contributed by atoms with E-state index in [1.54, 1.807) is 18.0 Å². The number of benzene rings is 1. The van der Waals surface area contributed by atoms with Crippen LogP contribution in [-0.4, -0.2) is 21.8 Å². The maximum atomic E-state index is 12.2. The third kappa shape index (κ3) is 1.59. The molecule has 0 aromatic heterocycles. The molecule has 1 fully saturated rings. The molecule has 0 spiro atoms. The fourth-order valence-electron chi connectivity index (χ4n) is 2.25. The summed E-state index contributed by atoms with van der Waals surface area (Å²) in [4.78, 5) is 23.9. The van der Waals surface area contributed by atoms with Gasteiger partial charge in [-0.05, 0) is 5.56 Å². The van der Waals surface area contributed by atoms with Gasteiger partial charge in [-0.1, -0.05) is 42.1 Å². The Labute approximate surface area is 109 Å².